The van der Waals surface area contributed by atoms with Crippen LogP contribution in [0.3, 0.4) is 0 Å². The second-order valence-corrected chi connectivity index (χ2v) is 4.97. The molecule has 1 fully saturated rings. The first-order valence-corrected chi connectivity index (χ1v) is 6.70. The van der Waals surface area contributed by atoms with E-state index >= 15 is 0 Å². The normalized spacial score (nSPS) is 17.4. The zero-order valence-corrected chi connectivity index (χ0v) is 11.5. The molecule has 0 radical (unpaired) electrons. The van der Waals surface area contributed by atoms with Gasteiger partial charge in [-0.2, -0.15) is 5.26 Å². The van der Waals surface area contributed by atoms with Crippen LogP contribution in [0, 0.1) is 28.4 Å². The van der Waals surface area contributed by atoms with Gasteiger partial charge in [0.2, 0.25) is 0 Å². The highest BCUT2D eigenvalue weighted by molar-refractivity contribution is 5.43. The number of nitrogens with one attached hydrogen (secondary N) is 1. The predicted octanol–water partition coefficient (Wildman–Crippen LogP) is 1.76. The summed E-state index contributed by atoms with van der Waals surface area (Å²) in [5.41, 5.74) is 1.63. The van der Waals surface area contributed by atoms with Crippen LogP contribution in [0.15, 0.2) is 18.2 Å². The average Bonchev–Trinajstić information content (AvgIpc) is 2.46. The van der Waals surface area contributed by atoms with Crippen molar-refractivity contribution in [3.05, 3.63) is 39.4 Å². The fourth-order valence-corrected chi connectivity index (χ4v) is 2.57. The molecule has 1 atom stereocenters. The molecule has 0 amide bonds. The number of nitro groups is 1. The molecular formula is C14H18N4O2. The third-order valence-corrected chi connectivity index (χ3v) is 3.69. The van der Waals surface area contributed by atoms with Crippen molar-refractivity contribution in [1.82, 2.24) is 10.2 Å². The standard InChI is InChI=1S/C14H18N4O2/c1-11-2-3-12(10-14(11)18(19)20)13(4-5-15)17-8-6-16-7-9-17/h2-3,10,13,16H,4,6-9H2,1H3/t13-/m1/s1. The Bertz CT molecular complexity index is 532. The van der Waals surface area contributed by atoms with Gasteiger partial charge in [-0.25, -0.2) is 0 Å². The van der Waals surface area contributed by atoms with E-state index in [4.69, 9.17) is 5.26 Å². The van der Waals surface area contributed by atoms with Gasteiger partial charge in [-0.05, 0) is 12.5 Å². The molecule has 0 bridgehead atoms. The molecule has 0 saturated carbocycles. The summed E-state index contributed by atoms with van der Waals surface area (Å²) in [7, 11) is 0. The molecule has 1 heterocycles. The van der Waals surface area contributed by atoms with Gasteiger partial charge in [-0.15, -0.1) is 0 Å². The van der Waals surface area contributed by atoms with Gasteiger partial charge in [0.25, 0.3) is 5.69 Å². The summed E-state index contributed by atoms with van der Waals surface area (Å²) in [5, 5.41) is 23.4. The number of benzene rings is 1. The van der Waals surface area contributed by atoms with E-state index in [1.54, 1.807) is 19.1 Å². The van der Waals surface area contributed by atoms with Gasteiger partial charge in [-0.3, -0.25) is 15.0 Å². The summed E-state index contributed by atoms with van der Waals surface area (Å²) in [4.78, 5) is 12.9. The van der Waals surface area contributed by atoms with Gasteiger partial charge in [-0.1, -0.05) is 12.1 Å². The second kappa shape index (κ2) is 6.46. The van der Waals surface area contributed by atoms with Crippen molar-refractivity contribution in [3.63, 3.8) is 0 Å². The lowest BCUT2D eigenvalue weighted by Gasteiger charge is -2.34. The van der Waals surface area contributed by atoms with E-state index in [1.807, 2.05) is 6.07 Å². The minimum Gasteiger partial charge on any atom is -0.314 e. The van der Waals surface area contributed by atoms with Crippen molar-refractivity contribution in [2.75, 3.05) is 26.2 Å². The first kappa shape index (κ1) is 14.4. The zero-order chi connectivity index (χ0) is 14.5. The highest BCUT2D eigenvalue weighted by Crippen LogP contribution is 2.29. The van der Waals surface area contributed by atoms with E-state index in [0.29, 0.717) is 12.0 Å². The zero-order valence-electron chi connectivity index (χ0n) is 11.5. The molecule has 0 aromatic heterocycles. The van der Waals surface area contributed by atoms with Crippen molar-refractivity contribution >= 4 is 5.69 Å². The van der Waals surface area contributed by atoms with E-state index < -0.39 is 0 Å². The van der Waals surface area contributed by atoms with Gasteiger partial charge in [0.1, 0.15) is 0 Å². The first-order valence-electron chi connectivity index (χ1n) is 6.70. The van der Waals surface area contributed by atoms with Crippen LogP contribution in [0.1, 0.15) is 23.6 Å². The van der Waals surface area contributed by atoms with E-state index in [0.717, 1.165) is 31.7 Å². The SMILES string of the molecule is Cc1ccc([C@@H](CC#N)N2CCNCC2)cc1[N+](=O)[O-]. The van der Waals surface area contributed by atoms with Crippen LogP contribution in [-0.4, -0.2) is 36.0 Å². The molecule has 6 nitrogen and oxygen atoms in total. The Kier molecular flexibility index (Phi) is 4.66. The molecule has 1 aliphatic rings. The van der Waals surface area contributed by atoms with Crippen LogP contribution >= 0.6 is 0 Å². The first-order chi connectivity index (χ1) is 9.63. The number of hydrogen-bond donors (Lipinski definition) is 1. The summed E-state index contributed by atoms with van der Waals surface area (Å²) in [5.74, 6) is 0. The highest BCUT2D eigenvalue weighted by atomic mass is 16.6. The molecule has 1 aliphatic heterocycles. The molecular weight excluding hydrogens is 256 g/mol. The van der Waals surface area contributed by atoms with Crippen LogP contribution in [-0.2, 0) is 0 Å². The number of rotatable bonds is 4. The lowest BCUT2D eigenvalue weighted by atomic mass is 9.99. The summed E-state index contributed by atoms with van der Waals surface area (Å²) in [6, 6.07) is 7.40. The topological polar surface area (TPSA) is 82.2 Å². The lowest BCUT2D eigenvalue weighted by molar-refractivity contribution is -0.385. The van der Waals surface area contributed by atoms with Gasteiger partial charge in [0, 0.05) is 43.9 Å². The molecule has 0 spiro atoms. The minimum atomic E-state index is -0.361. The second-order valence-electron chi connectivity index (χ2n) is 4.97. The maximum Gasteiger partial charge on any atom is 0.272 e. The maximum absolute atomic E-state index is 11.0. The van der Waals surface area contributed by atoms with E-state index in [9.17, 15) is 10.1 Å². The van der Waals surface area contributed by atoms with Crippen molar-refractivity contribution in [1.29, 1.82) is 5.26 Å². The van der Waals surface area contributed by atoms with Crippen LogP contribution in [0.25, 0.3) is 0 Å². The molecule has 20 heavy (non-hydrogen) atoms. The molecule has 0 aliphatic carbocycles. The van der Waals surface area contributed by atoms with Crippen LogP contribution < -0.4 is 5.32 Å². The Labute approximate surface area is 118 Å². The third kappa shape index (κ3) is 3.13. The number of nitro benzene ring substituents is 1. The van der Waals surface area contributed by atoms with Gasteiger partial charge in [0.05, 0.1) is 17.4 Å². The average molecular weight is 274 g/mol. The van der Waals surface area contributed by atoms with Gasteiger partial charge >= 0.3 is 0 Å². The van der Waals surface area contributed by atoms with E-state index in [2.05, 4.69) is 16.3 Å². The van der Waals surface area contributed by atoms with Crippen LogP contribution in [0.5, 0.6) is 0 Å². The molecule has 1 aromatic rings. The van der Waals surface area contributed by atoms with Crippen molar-refractivity contribution in [2.24, 2.45) is 0 Å². The molecule has 1 aromatic carbocycles. The van der Waals surface area contributed by atoms with Crippen molar-refractivity contribution < 1.29 is 4.92 Å². The van der Waals surface area contributed by atoms with Crippen molar-refractivity contribution in [3.8, 4) is 6.07 Å². The number of nitrogens with zero attached hydrogens (tertiary/aromatic N) is 3. The van der Waals surface area contributed by atoms with Crippen molar-refractivity contribution in [2.45, 2.75) is 19.4 Å². The summed E-state index contributed by atoms with van der Waals surface area (Å²) >= 11 is 0. The monoisotopic (exact) mass is 274 g/mol. The Morgan fingerprint density at radius 3 is 2.80 bits per heavy atom. The molecule has 0 unspecified atom stereocenters. The van der Waals surface area contributed by atoms with E-state index in [-0.39, 0.29) is 16.7 Å². The molecule has 6 heteroatoms. The number of hydrogen-bond acceptors (Lipinski definition) is 5. The Morgan fingerprint density at radius 1 is 1.50 bits per heavy atom. The minimum absolute atomic E-state index is 0.0681. The molecule has 1 saturated heterocycles. The lowest BCUT2D eigenvalue weighted by Crippen LogP contribution is -2.45. The summed E-state index contributed by atoms with van der Waals surface area (Å²) < 4.78 is 0. The number of piperazine rings is 1. The molecule has 1 N–H and O–H groups in total. The Hall–Kier alpha value is -1.97. The maximum atomic E-state index is 11.0. The van der Waals surface area contributed by atoms with Gasteiger partial charge in [0.15, 0.2) is 0 Å². The Morgan fingerprint density at radius 2 is 2.20 bits per heavy atom. The highest BCUT2D eigenvalue weighted by Gasteiger charge is 2.24. The van der Waals surface area contributed by atoms with Crippen LogP contribution in [0.4, 0.5) is 5.69 Å². The largest absolute Gasteiger partial charge is 0.314 e. The smallest absolute Gasteiger partial charge is 0.272 e. The third-order valence-electron chi connectivity index (χ3n) is 3.69. The van der Waals surface area contributed by atoms with E-state index in [1.165, 1.54) is 0 Å². The molecule has 106 valence electrons. The van der Waals surface area contributed by atoms with Gasteiger partial charge < -0.3 is 5.32 Å². The predicted molar refractivity (Wildman–Crippen MR) is 75.2 cm³/mol. The summed E-state index contributed by atoms with van der Waals surface area (Å²) in [6.07, 6.45) is 0.347. The fraction of sp³-hybridized carbons (Fsp3) is 0.500. The number of nitriles is 1. The quantitative estimate of drug-likeness (QED) is 0.668. The number of aryl methyl sites for hydroxylation is 1. The van der Waals surface area contributed by atoms with Crippen LogP contribution in [0.2, 0.25) is 0 Å². The Balaban J connectivity index is 2.31. The summed E-state index contributed by atoms with van der Waals surface area (Å²) in [6.45, 7) is 5.21. The molecule has 2 rings (SSSR count). The fourth-order valence-electron chi connectivity index (χ4n) is 2.57.